The fraction of sp³-hybridized carbons (Fsp3) is 0.286. The van der Waals surface area contributed by atoms with E-state index in [1.54, 1.807) is 0 Å². The first kappa shape index (κ1) is 10.8. The van der Waals surface area contributed by atoms with Crippen molar-refractivity contribution in [2.45, 2.75) is 13.3 Å². The van der Waals surface area contributed by atoms with Gasteiger partial charge in [-0.2, -0.15) is 0 Å². The second-order valence-corrected chi connectivity index (χ2v) is 2.91. The first-order chi connectivity index (χ1) is 6.45. The van der Waals surface area contributed by atoms with Gasteiger partial charge in [0.2, 0.25) is 5.15 Å². The Kier molecular flexibility index (Phi) is 2.95. The lowest BCUT2D eigenvalue weighted by Crippen LogP contribution is -2.01. The van der Waals surface area contributed by atoms with E-state index in [-0.39, 0.29) is 5.56 Å². The van der Waals surface area contributed by atoms with Gasteiger partial charge in [-0.3, -0.25) is 10.1 Å². The molecule has 0 unspecified atom stereocenters. The predicted octanol–water partition coefficient (Wildman–Crippen LogP) is 2.89. The second kappa shape index (κ2) is 3.83. The maximum atomic E-state index is 12.4. The van der Waals surface area contributed by atoms with Gasteiger partial charge in [0.15, 0.2) is 0 Å². The minimum absolute atomic E-state index is 0.0519. The van der Waals surface area contributed by atoms with E-state index in [0.29, 0.717) is 0 Å². The molecule has 1 aromatic heterocycles. The number of halogens is 3. The van der Waals surface area contributed by atoms with E-state index >= 15 is 0 Å². The van der Waals surface area contributed by atoms with Crippen LogP contribution in [0.5, 0.6) is 0 Å². The smallest absolute Gasteiger partial charge is 0.258 e. The molecule has 0 atom stereocenters. The van der Waals surface area contributed by atoms with Gasteiger partial charge >= 0.3 is 5.69 Å². The fourth-order valence-corrected chi connectivity index (χ4v) is 1.25. The molecule has 1 aromatic rings. The van der Waals surface area contributed by atoms with Crippen molar-refractivity contribution in [3.63, 3.8) is 0 Å². The minimum atomic E-state index is -2.93. The van der Waals surface area contributed by atoms with Crippen molar-refractivity contribution in [3.05, 3.63) is 32.6 Å². The highest BCUT2D eigenvalue weighted by molar-refractivity contribution is 6.31. The van der Waals surface area contributed by atoms with Crippen molar-refractivity contribution in [2.75, 3.05) is 0 Å². The van der Waals surface area contributed by atoms with Crippen molar-refractivity contribution in [1.29, 1.82) is 0 Å². The minimum Gasteiger partial charge on any atom is -0.258 e. The van der Waals surface area contributed by atoms with Crippen molar-refractivity contribution < 1.29 is 13.7 Å². The summed E-state index contributed by atoms with van der Waals surface area (Å²) in [7, 11) is 0. The number of alkyl halides is 2. The summed E-state index contributed by atoms with van der Waals surface area (Å²) in [5.41, 5.74) is -1.44. The highest BCUT2D eigenvalue weighted by Gasteiger charge is 2.28. The van der Waals surface area contributed by atoms with Crippen LogP contribution in [0.15, 0.2) is 6.20 Å². The van der Waals surface area contributed by atoms with Crippen LogP contribution in [0.1, 0.15) is 17.6 Å². The van der Waals surface area contributed by atoms with Crippen molar-refractivity contribution in [1.82, 2.24) is 4.98 Å². The van der Waals surface area contributed by atoms with Crippen LogP contribution in [0.4, 0.5) is 14.5 Å². The van der Waals surface area contributed by atoms with Crippen LogP contribution in [0.2, 0.25) is 5.15 Å². The quantitative estimate of drug-likeness (QED) is 0.439. The zero-order chi connectivity index (χ0) is 10.9. The van der Waals surface area contributed by atoms with E-state index in [9.17, 15) is 18.9 Å². The van der Waals surface area contributed by atoms with Gasteiger partial charge in [0.25, 0.3) is 6.43 Å². The van der Waals surface area contributed by atoms with E-state index in [1.165, 1.54) is 6.92 Å². The molecule has 0 bridgehead atoms. The molecule has 0 spiro atoms. The summed E-state index contributed by atoms with van der Waals surface area (Å²) in [6, 6.07) is 0. The number of hydrogen-bond donors (Lipinski definition) is 0. The number of rotatable bonds is 2. The lowest BCUT2D eigenvalue weighted by molar-refractivity contribution is -0.386. The third-order valence-electron chi connectivity index (χ3n) is 1.65. The lowest BCUT2D eigenvalue weighted by atomic mass is 10.1. The zero-order valence-corrected chi connectivity index (χ0v) is 7.76. The summed E-state index contributed by atoms with van der Waals surface area (Å²) in [4.78, 5) is 12.9. The summed E-state index contributed by atoms with van der Waals surface area (Å²) < 4.78 is 24.9. The first-order valence-electron chi connectivity index (χ1n) is 3.52. The maximum Gasteiger partial charge on any atom is 0.315 e. The van der Waals surface area contributed by atoms with E-state index in [2.05, 4.69) is 4.98 Å². The van der Waals surface area contributed by atoms with Gasteiger partial charge in [0.05, 0.1) is 4.92 Å². The zero-order valence-electron chi connectivity index (χ0n) is 7.00. The maximum absolute atomic E-state index is 12.4. The van der Waals surface area contributed by atoms with Crippen LogP contribution in [-0.4, -0.2) is 9.91 Å². The molecule has 1 rings (SSSR count). The van der Waals surface area contributed by atoms with E-state index in [1.807, 2.05) is 0 Å². The van der Waals surface area contributed by atoms with Gasteiger partial charge in [-0.25, -0.2) is 13.8 Å². The number of pyridine rings is 1. The Bertz CT molecular complexity index is 384. The molecule has 0 radical (unpaired) electrons. The van der Waals surface area contributed by atoms with Gasteiger partial charge in [-0.05, 0) is 12.5 Å². The van der Waals surface area contributed by atoms with Crippen LogP contribution in [-0.2, 0) is 0 Å². The molecule has 0 amide bonds. The molecule has 7 heteroatoms. The van der Waals surface area contributed by atoms with E-state index in [4.69, 9.17) is 11.6 Å². The monoisotopic (exact) mass is 222 g/mol. The largest absolute Gasteiger partial charge is 0.315 e. The third kappa shape index (κ3) is 1.79. The van der Waals surface area contributed by atoms with Gasteiger partial charge in [-0.1, -0.05) is 11.6 Å². The summed E-state index contributed by atoms with van der Waals surface area (Å²) in [6.45, 7) is 1.32. The molecule has 0 N–H and O–H groups in total. The Morgan fingerprint density at radius 2 is 2.21 bits per heavy atom. The topological polar surface area (TPSA) is 56.0 Å². The van der Waals surface area contributed by atoms with E-state index in [0.717, 1.165) is 6.20 Å². The molecule has 0 aliphatic carbocycles. The van der Waals surface area contributed by atoms with Crippen LogP contribution >= 0.6 is 11.6 Å². The molecular weight excluding hydrogens is 218 g/mol. The predicted molar refractivity (Wildman–Crippen MR) is 45.6 cm³/mol. The van der Waals surface area contributed by atoms with Crippen LogP contribution in [0, 0.1) is 17.0 Å². The fourth-order valence-electron chi connectivity index (χ4n) is 1.03. The number of nitro groups is 1. The molecule has 0 aliphatic heterocycles. The average molecular weight is 223 g/mol. The Balaban J connectivity index is 3.50. The molecule has 0 aliphatic rings. The molecular formula is C7H5ClF2N2O2. The Morgan fingerprint density at radius 3 is 2.57 bits per heavy atom. The van der Waals surface area contributed by atoms with Gasteiger partial charge < -0.3 is 0 Å². The summed E-state index contributed by atoms with van der Waals surface area (Å²) in [5, 5.41) is 9.93. The molecule has 14 heavy (non-hydrogen) atoms. The van der Waals surface area contributed by atoms with E-state index < -0.39 is 27.8 Å². The SMILES string of the molecule is Cc1cnc(Cl)c([N+](=O)[O-])c1C(F)F. The lowest BCUT2D eigenvalue weighted by Gasteiger charge is -2.05. The number of nitrogens with zero attached hydrogens (tertiary/aromatic N) is 2. The molecule has 1 heterocycles. The van der Waals surface area contributed by atoms with Crippen molar-refractivity contribution in [2.24, 2.45) is 0 Å². The summed E-state index contributed by atoms with van der Waals surface area (Å²) in [6.07, 6.45) is -1.85. The molecule has 0 fully saturated rings. The number of aromatic nitrogens is 1. The molecule has 0 saturated carbocycles. The summed E-state index contributed by atoms with van der Waals surface area (Å²) in [5.74, 6) is 0. The number of hydrogen-bond acceptors (Lipinski definition) is 3. The Morgan fingerprint density at radius 1 is 1.64 bits per heavy atom. The Hall–Kier alpha value is -1.30. The Labute approximate surface area is 82.7 Å². The highest BCUT2D eigenvalue weighted by Crippen LogP contribution is 2.35. The normalized spacial score (nSPS) is 10.6. The van der Waals surface area contributed by atoms with Crippen LogP contribution in [0.25, 0.3) is 0 Å². The van der Waals surface area contributed by atoms with Crippen LogP contribution < -0.4 is 0 Å². The molecule has 0 aromatic carbocycles. The van der Waals surface area contributed by atoms with Gasteiger partial charge in [-0.15, -0.1) is 0 Å². The van der Waals surface area contributed by atoms with Gasteiger partial charge in [0, 0.05) is 6.20 Å². The molecule has 0 saturated heterocycles. The standard InChI is InChI=1S/C7H5ClF2N2O2/c1-3-2-11-6(8)5(12(13)14)4(3)7(9)10/h2,7H,1H3. The second-order valence-electron chi connectivity index (χ2n) is 2.55. The third-order valence-corrected chi connectivity index (χ3v) is 1.92. The first-order valence-corrected chi connectivity index (χ1v) is 3.90. The molecule has 4 nitrogen and oxygen atoms in total. The van der Waals surface area contributed by atoms with Crippen LogP contribution in [0.3, 0.4) is 0 Å². The summed E-state index contributed by atoms with van der Waals surface area (Å²) >= 11 is 5.35. The van der Waals surface area contributed by atoms with Crippen molar-refractivity contribution in [3.8, 4) is 0 Å². The number of aryl methyl sites for hydroxylation is 1. The average Bonchev–Trinajstić information content (AvgIpc) is 2.07. The van der Waals surface area contributed by atoms with Gasteiger partial charge in [0.1, 0.15) is 5.56 Å². The highest BCUT2D eigenvalue weighted by atomic mass is 35.5. The van der Waals surface area contributed by atoms with Crippen molar-refractivity contribution >= 4 is 17.3 Å². The molecule has 76 valence electrons.